The second-order valence-electron chi connectivity index (χ2n) is 5.38. The number of halogens is 4. The highest BCUT2D eigenvalue weighted by Gasteiger charge is 2.57. The van der Waals surface area contributed by atoms with Gasteiger partial charge in [-0.3, -0.25) is 0 Å². The van der Waals surface area contributed by atoms with E-state index in [1.54, 1.807) is 0 Å². The molecule has 5 heteroatoms. The van der Waals surface area contributed by atoms with Crippen LogP contribution < -0.4 is 5.73 Å². The van der Waals surface area contributed by atoms with Gasteiger partial charge < -0.3 is 5.73 Å². The summed E-state index contributed by atoms with van der Waals surface area (Å²) >= 11 is 5.72. The zero-order valence-electron chi connectivity index (χ0n) is 10.2. The number of alkyl halides is 3. The summed E-state index contributed by atoms with van der Waals surface area (Å²) in [6.07, 6.45) is -4.40. The van der Waals surface area contributed by atoms with Gasteiger partial charge in [0.2, 0.25) is 0 Å². The molecule has 1 aromatic rings. The summed E-state index contributed by atoms with van der Waals surface area (Å²) in [6, 6.07) is 3.99. The lowest BCUT2D eigenvalue weighted by molar-refractivity contribution is -0.137. The molecule has 1 aliphatic carbocycles. The van der Waals surface area contributed by atoms with Gasteiger partial charge >= 0.3 is 6.18 Å². The Bertz CT molecular complexity index is 468. The van der Waals surface area contributed by atoms with Crippen LogP contribution in [-0.2, 0) is 6.18 Å². The van der Waals surface area contributed by atoms with Crippen molar-refractivity contribution in [3.05, 3.63) is 34.3 Å². The normalized spacial score (nSPS) is 26.2. The van der Waals surface area contributed by atoms with Crippen LogP contribution in [0.25, 0.3) is 0 Å². The largest absolute Gasteiger partial charge is 0.417 e. The molecule has 0 amide bonds. The van der Waals surface area contributed by atoms with E-state index in [2.05, 4.69) is 13.8 Å². The Labute approximate surface area is 109 Å². The van der Waals surface area contributed by atoms with Crippen LogP contribution in [0.1, 0.15) is 30.9 Å². The minimum absolute atomic E-state index is 0.0395. The van der Waals surface area contributed by atoms with E-state index in [9.17, 15) is 13.2 Å². The van der Waals surface area contributed by atoms with E-state index < -0.39 is 11.7 Å². The minimum atomic E-state index is -4.40. The Kier molecular flexibility index (Phi) is 3.14. The van der Waals surface area contributed by atoms with E-state index in [0.717, 1.165) is 11.6 Å². The third-order valence-electron chi connectivity index (χ3n) is 3.96. The summed E-state index contributed by atoms with van der Waals surface area (Å²) in [5, 5.41) is -0.238. The fourth-order valence-corrected chi connectivity index (χ4v) is 3.10. The second-order valence-corrected chi connectivity index (χ2v) is 5.79. The summed E-state index contributed by atoms with van der Waals surface area (Å²) in [5.74, 6) is 0.507. The van der Waals surface area contributed by atoms with Gasteiger partial charge in [0.1, 0.15) is 0 Å². The Morgan fingerprint density at radius 1 is 1.33 bits per heavy atom. The maximum absolute atomic E-state index is 12.6. The summed E-state index contributed by atoms with van der Waals surface area (Å²) < 4.78 is 37.8. The zero-order chi connectivity index (χ0) is 13.7. The zero-order valence-corrected chi connectivity index (χ0v) is 10.9. The van der Waals surface area contributed by atoms with E-state index >= 15 is 0 Å². The number of hydrogen-bond acceptors (Lipinski definition) is 1. The number of benzene rings is 1. The summed E-state index contributed by atoms with van der Waals surface area (Å²) in [5.41, 5.74) is 5.76. The third-order valence-corrected chi connectivity index (χ3v) is 4.27. The SMILES string of the molecule is CC1(C)[C@H](CN)[C@H]1c1ccc(C(F)(F)F)c(Cl)c1. The van der Waals surface area contributed by atoms with Gasteiger partial charge in [-0.2, -0.15) is 13.2 Å². The molecule has 1 aromatic carbocycles. The predicted molar refractivity (Wildman–Crippen MR) is 65.5 cm³/mol. The Hall–Kier alpha value is -0.740. The molecule has 1 nitrogen and oxygen atoms in total. The third kappa shape index (κ3) is 2.12. The molecular weight excluding hydrogens is 263 g/mol. The molecule has 0 spiro atoms. The molecule has 1 saturated carbocycles. The van der Waals surface area contributed by atoms with Crippen molar-refractivity contribution in [2.45, 2.75) is 25.9 Å². The summed E-state index contributed by atoms with van der Waals surface area (Å²) in [4.78, 5) is 0. The Morgan fingerprint density at radius 2 is 1.94 bits per heavy atom. The highest BCUT2D eigenvalue weighted by Crippen LogP contribution is 2.64. The molecule has 0 radical (unpaired) electrons. The van der Waals surface area contributed by atoms with E-state index in [4.69, 9.17) is 17.3 Å². The first-order valence-electron chi connectivity index (χ1n) is 5.76. The van der Waals surface area contributed by atoms with E-state index in [-0.39, 0.29) is 16.4 Å². The molecule has 0 heterocycles. The lowest BCUT2D eigenvalue weighted by Crippen LogP contribution is -2.06. The first-order valence-corrected chi connectivity index (χ1v) is 6.14. The van der Waals surface area contributed by atoms with Crippen LogP contribution in [0, 0.1) is 11.3 Å². The van der Waals surface area contributed by atoms with Gasteiger partial charge in [0.05, 0.1) is 10.6 Å². The highest BCUT2D eigenvalue weighted by molar-refractivity contribution is 6.31. The monoisotopic (exact) mass is 277 g/mol. The number of hydrogen-bond donors (Lipinski definition) is 1. The van der Waals surface area contributed by atoms with Gasteiger partial charge in [0.25, 0.3) is 0 Å². The fraction of sp³-hybridized carbons (Fsp3) is 0.538. The highest BCUT2D eigenvalue weighted by atomic mass is 35.5. The minimum Gasteiger partial charge on any atom is -0.330 e. The first kappa shape index (κ1) is 13.7. The van der Waals surface area contributed by atoms with Gasteiger partial charge in [-0.1, -0.05) is 31.5 Å². The summed E-state index contributed by atoms with van der Waals surface area (Å²) in [7, 11) is 0. The van der Waals surface area contributed by atoms with Crippen molar-refractivity contribution in [3.8, 4) is 0 Å². The quantitative estimate of drug-likeness (QED) is 0.867. The van der Waals surface area contributed by atoms with Crippen molar-refractivity contribution in [1.29, 1.82) is 0 Å². The number of rotatable bonds is 2. The van der Waals surface area contributed by atoms with Crippen LogP contribution in [0.5, 0.6) is 0 Å². The summed E-state index contributed by atoms with van der Waals surface area (Å²) in [6.45, 7) is 4.68. The van der Waals surface area contributed by atoms with Crippen molar-refractivity contribution in [1.82, 2.24) is 0 Å². The van der Waals surface area contributed by atoms with E-state index in [1.807, 2.05) is 0 Å². The molecule has 0 aliphatic heterocycles. The van der Waals surface area contributed by atoms with Crippen molar-refractivity contribution in [2.24, 2.45) is 17.1 Å². The van der Waals surface area contributed by atoms with Crippen molar-refractivity contribution < 1.29 is 13.2 Å². The van der Waals surface area contributed by atoms with Crippen molar-refractivity contribution >= 4 is 11.6 Å². The van der Waals surface area contributed by atoms with Crippen LogP contribution >= 0.6 is 11.6 Å². The average molecular weight is 278 g/mol. The van der Waals surface area contributed by atoms with E-state index in [0.29, 0.717) is 12.5 Å². The standard InChI is InChI=1S/C13H15ClF3N/c1-12(2)9(6-18)11(12)7-3-4-8(10(14)5-7)13(15,16)17/h3-5,9,11H,6,18H2,1-2H3/t9-,11-/m1/s1. The second kappa shape index (κ2) is 4.14. The topological polar surface area (TPSA) is 26.0 Å². The van der Waals surface area contributed by atoms with Crippen LogP contribution in [-0.4, -0.2) is 6.54 Å². The van der Waals surface area contributed by atoms with Gasteiger partial charge in [0, 0.05) is 0 Å². The Morgan fingerprint density at radius 3 is 2.33 bits per heavy atom. The maximum Gasteiger partial charge on any atom is 0.417 e. The molecule has 18 heavy (non-hydrogen) atoms. The van der Waals surface area contributed by atoms with Gasteiger partial charge in [-0.05, 0) is 41.5 Å². The number of nitrogens with two attached hydrogens (primary N) is 1. The lowest BCUT2D eigenvalue weighted by atomic mass is 10.0. The predicted octanol–water partition coefficient (Wildman–Crippen LogP) is 4.06. The average Bonchev–Trinajstić information content (AvgIpc) is 2.78. The maximum atomic E-state index is 12.6. The van der Waals surface area contributed by atoms with Gasteiger partial charge in [-0.15, -0.1) is 0 Å². The lowest BCUT2D eigenvalue weighted by Gasteiger charge is -2.11. The molecular formula is C13H15ClF3N. The molecule has 1 aliphatic rings. The molecule has 2 rings (SSSR count). The van der Waals surface area contributed by atoms with Crippen molar-refractivity contribution in [2.75, 3.05) is 6.54 Å². The molecule has 100 valence electrons. The van der Waals surface area contributed by atoms with E-state index in [1.165, 1.54) is 12.1 Å². The van der Waals surface area contributed by atoms with Crippen LogP contribution in [0.4, 0.5) is 13.2 Å². The smallest absolute Gasteiger partial charge is 0.330 e. The molecule has 1 fully saturated rings. The van der Waals surface area contributed by atoms with Crippen LogP contribution in [0.15, 0.2) is 18.2 Å². The Balaban J connectivity index is 2.32. The fourth-order valence-electron chi connectivity index (χ4n) is 2.80. The molecule has 0 bridgehead atoms. The van der Waals surface area contributed by atoms with Crippen LogP contribution in [0.2, 0.25) is 5.02 Å². The molecule has 0 aromatic heterocycles. The van der Waals surface area contributed by atoms with Gasteiger partial charge in [-0.25, -0.2) is 0 Å². The molecule has 2 atom stereocenters. The van der Waals surface area contributed by atoms with Crippen LogP contribution in [0.3, 0.4) is 0 Å². The molecule has 0 unspecified atom stereocenters. The molecule has 2 N–H and O–H groups in total. The first-order chi connectivity index (χ1) is 8.19. The molecule has 0 saturated heterocycles. The van der Waals surface area contributed by atoms with Crippen molar-refractivity contribution in [3.63, 3.8) is 0 Å². The van der Waals surface area contributed by atoms with Gasteiger partial charge in [0.15, 0.2) is 0 Å².